The van der Waals surface area contributed by atoms with E-state index in [-0.39, 0.29) is 0 Å². The van der Waals surface area contributed by atoms with E-state index in [1.165, 1.54) is 38.5 Å². The minimum absolute atomic E-state index is 0.571. The molecule has 0 unspecified atom stereocenters. The molecule has 2 N–H and O–H groups in total. The third-order valence-corrected chi connectivity index (χ3v) is 9.95. The highest BCUT2D eigenvalue weighted by molar-refractivity contribution is 6.35. The number of halogens is 3. The van der Waals surface area contributed by atoms with Crippen molar-refractivity contribution in [2.24, 2.45) is 23.7 Å². The molecule has 4 aliphatic carbocycles. The molecular weight excluding hydrogens is 535 g/mol. The second-order valence-electron chi connectivity index (χ2n) is 11.7. The van der Waals surface area contributed by atoms with E-state index in [0.717, 1.165) is 77.4 Å². The number of hydrogen-bond acceptors (Lipinski definition) is 3. The average molecular weight is 572 g/mol. The van der Waals surface area contributed by atoms with Gasteiger partial charge in [0.2, 0.25) is 0 Å². The molecule has 7 rings (SSSR count). The minimum atomic E-state index is 0.571. The molecular formula is C31H37Cl3N4. The van der Waals surface area contributed by atoms with Gasteiger partial charge in [0, 0.05) is 28.2 Å². The Kier molecular flexibility index (Phi) is 8.07. The molecule has 1 heterocycles. The van der Waals surface area contributed by atoms with E-state index in [4.69, 9.17) is 39.9 Å². The molecule has 0 saturated heterocycles. The largest absolute Gasteiger partial charge is 0.313 e. The van der Waals surface area contributed by atoms with Crippen LogP contribution in [0.1, 0.15) is 56.2 Å². The fourth-order valence-corrected chi connectivity index (χ4v) is 8.21. The van der Waals surface area contributed by atoms with Crippen molar-refractivity contribution in [2.75, 3.05) is 13.1 Å². The lowest BCUT2D eigenvalue weighted by Crippen LogP contribution is -2.54. The summed E-state index contributed by atoms with van der Waals surface area (Å²) in [6, 6.07) is 14.2. The smallest absolute Gasteiger partial charge is 0.0840 e. The van der Waals surface area contributed by atoms with Crippen molar-refractivity contribution in [3.63, 3.8) is 0 Å². The van der Waals surface area contributed by atoms with Crippen molar-refractivity contribution in [3.05, 3.63) is 68.8 Å². The molecule has 0 amide bonds. The maximum Gasteiger partial charge on any atom is 0.0840 e. The van der Waals surface area contributed by atoms with Crippen LogP contribution in [-0.4, -0.2) is 28.9 Å². The van der Waals surface area contributed by atoms with Gasteiger partial charge in [-0.2, -0.15) is 5.10 Å². The van der Waals surface area contributed by atoms with Crippen molar-refractivity contribution in [1.82, 2.24) is 20.4 Å². The first-order chi connectivity index (χ1) is 18.5. The van der Waals surface area contributed by atoms with Gasteiger partial charge in [0.1, 0.15) is 0 Å². The van der Waals surface area contributed by atoms with Crippen LogP contribution in [0.15, 0.2) is 42.5 Å². The molecule has 1 aromatic heterocycles. The van der Waals surface area contributed by atoms with Crippen LogP contribution in [-0.2, 0) is 6.54 Å². The molecule has 3 aromatic rings. The van der Waals surface area contributed by atoms with Crippen molar-refractivity contribution >= 4 is 34.8 Å². The standard InChI is InChI=1S/C31H37Cl3N4/c1-19-28(18-35-10-2-3-11-36-30-23-13-20-12-21(15-23)16-24(30)14-20)37-38(29-9-8-26(33)17-27(29)34)31(19)22-4-6-25(32)7-5-22/h4-9,17,20-21,23-24,30,35-36H,2-3,10-16,18H2,1H3/t20-,21+,23-,24+,30?. The van der Waals surface area contributed by atoms with E-state index in [1.807, 2.05) is 41.1 Å². The first-order valence-corrected chi connectivity index (χ1v) is 15.3. The summed E-state index contributed by atoms with van der Waals surface area (Å²) in [7, 11) is 0. The number of nitrogens with one attached hydrogen (secondary N) is 2. The summed E-state index contributed by atoms with van der Waals surface area (Å²) in [6.07, 6.45) is 9.83. The maximum absolute atomic E-state index is 6.59. The first-order valence-electron chi connectivity index (χ1n) is 14.2. The van der Waals surface area contributed by atoms with Crippen LogP contribution in [0.25, 0.3) is 16.9 Å². The van der Waals surface area contributed by atoms with Gasteiger partial charge in [-0.05, 0) is 125 Å². The molecule has 4 saturated carbocycles. The first kappa shape index (κ1) is 26.7. The fourth-order valence-electron chi connectivity index (χ4n) is 7.59. The van der Waals surface area contributed by atoms with Gasteiger partial charge in [-0.15, -0.1) is 0 Å². The summed E-state index contributed by atoms with van der Waals surface area (Å²) >= 11 is 18.9. The Bertz CT molecular complexity index is 1240. The van der Waals surface area contributed by atoms with Crippen molar-refractivity contribution in [3.8, 4) is 16.9 Å². The van der Waals surface area contributed by atoms with Gasteiger partial charge in [-0.1, -0.05) is 46.9 Å². The number of rotatable bonds is 10. The lowest BCUT2D eigenvalue weighted by molar-refractivity contribution is -0.0135. The Morgan fingerprint density at radius 3 is 2.18 bits per heavy atom. The summed E-state index contributed by atoms with van der Waals surface area (Å²) in [6.45, 7) is 4.96. The molecule has 2 aromatic carbocycles. The maximum atomic E-state index is 6.59. The van der Waals surface area contributed by atoms with Gasteiger partial charge in [-0.3, -0.25) is 0 Å². The minimum Gasteiger partial charge on any atom is -0.313 e. The van der Waals surface area contributed by atoms with Crippen LogP contribution in [0.2, 0.25) is 15.1 Å². The summed E-state index contributed by atoms with van der Waals surface area (Å²) in [5.41, 5.74) is 5.03. The van der Waals surface area contributed by atoms with Crippen molar-refractivity contribution < 1.29 is 0 Å². The number of benzene rings is 2. The average Bonchev–Trinajstić information content (AvgIpc) is 3.20. The monoisotopic (exact) mass is 570 g/mol. The highest BCUT2D eigenvalue weighted by Gasteiger charge is 2.47. The highest BCUT2D eigenvalue weighted by Crippen LogP contribution is 2.53. The predicted octanol–water partition coefficient (Wildman–Crippen LogP) is 8.09. The Hall–Kier alpha value is -1.56. The molecule has 0 radical (unpaired) electrons. The Labute approximate surface area is 241 Å². The summed E-state index contributed by atoms with van der Waals surface area (Å²) < 4.78 is 1.93. The number of aromatic nitrogens is 2. The van der Waals surface area contributed by atoms with Gasteiger partial charge in [0.05, 0.1) is 22.1 Å². The van der Waals surface area contributed by atoms with Crippen LogP contribution in [0, 0.1) is 30.6 Å². The van der Waals surface area contributed by atoms with E-state index in [9.17, 15) is 0 Å². The van der Waals surface area contributed by atoms with Crippen LogP contribution >= 0.6 is 34.8 Å². The summed E-state index contributed by atoms with van der Waals surface area (Å²) in [5, 5.41) is 14.5. The SMILES string of the molecule is Cc1c(CNCCCCNC2[C@H]3C[C@@H]4C[C@@H](C[C@H]2C4)C3)nn(-c2ccc(Cl)cc2Cl)c1-c1ccc(Cl)cc1. The van der Waals surface area contributed by atoms with E-state index < -0.39 is 0 Å². The third kappa shape index (κ3) is 5.53. The van der Waals surface area contributed by atoms with Crippen LogP contribution in [0.4, 0.5) is 0 Å². The van der Waals surface area contributed by atoms with Crippen LogP contribution < -0.4 is 10.6 Å². The van der Waals surface area contributed by atoms with Gasteiger partial charge >= 0.3 is 0 Å². The molecule has 202 valence electrons. The normalized spacial score (nSPS) is 25.8. The van der Waals surface area contributed by atoms with Gasteiger partial charge in [0.25, 0.3) is 0 Å². The molecule has 4 nitrogen and oxygen atoms in total. The van der Waals surface area contributed by atoms with Gasteiger partial charge in [-0.25, -0.2) is 4.68 Å². The molecule has 4 bridgehead atoms. The molecule has 38 heavy (non-hydrogen) atoms. The van der Waals surface area contributed by atoms with E-state index >= 15 is 0 Å². The number of unbranched alkanes of at least 4 members (excludes halogenated alkanes) is 1. The topological polar surface area (TPSA) is 41.9 Å². The lowest BCUT2D eigenvalue weighted by Gasteiger charge is -2.54. The van der Waals surface area contributed by atoms with E-state index in [1.54, 1.807) is 6.07 Å². The Balaban J connectivity index is 1.06. The predicted molar refractivity (Wildman–Crippen MR) is 159 cm³/mol. The van der Waals surface area contributed by atoms with E-state index in [2.05, 4.69) is 17.6 Å². The Morgan fingerprint density at radius 1 is 0.842 bits per heavy atom. The van der Waals surface area contributed by atoms with Gasteiger partial charge < -0.3 is 10.6 Å². The quantitative estimate of drug-likeness (QED) is 0.242. The zero-order valence-electron chi connectivity index (χ0n) is 22.0. The second kappa shape index (κ2) is 11.5. The zero-order chi connectivity index (χ0) is 26.2. The summed E-state index contributed by atoms with van der Waals surface area (Å²) in [4.78, 5) is 0. The zero-order valence-corrected chi connectivity index (χ0v) is 24.3. The number of nitrogens with zero attached hydrogens (tertiary/aromatic N) is 2. The Morgan fingerprint density at radius 2 is 1.50 bits per heavy atom. The van der Waals surface area contributed by atoms with Crippen molar-refractivity contribution in [1.29, 1.82) is 0 Å². The van der Waals surface area contributed by atoms with Crippen LogP contribution in [0.5, 0.6) is 0 Å². The molecule has 0 atom stereocenters. The van der Waals surface area contributed by atoms with E-state index in [0.29, 0.717) is 21.6 Å². The van der Waals surface area contributed by atoms with Crippen LogP contribution in [0.3, 0.4) is 0 Å². The molecule has 4 fully saturated rings. The van der Waals surface area contributed by atoms with Crippen molar-refractivity contribution in [2.45, 2.75) is 64.5 Å². The highest BCUT2D eigenvalue weighted by atomic mass is 35.5. The lowest BCUT2D eigenvalue weighted by atomic mass is 9.54. The fraction of sp³-hybridized carbons (Fsp3) is 0.516. The molecule has 0 aliphatic heterocycles. The molecule has 0 spiro atoms. The summed E-state index contributed by atoms with van der Waals surface area (Å²) in [5.74, 6) is 3.99. The molecule has 4 aliphatic rings. The third-order valence-electron chi connectivity index (χ3n) is 9.16. The second-order valence-corrected chi connectivity index (χ2v) is 13.0. The van der Waals surface area contributed by atoms with Gasteiger partial charge in [0.15, 0.2) is 0 Å². The number of hydrogen-bond donors (Lipinski definition) is 2. The molecule has 7 heteroatoms.